The Morgan fingerprint density at radius 1 is 1.15 bits per heavy atom. The number of aromatic nitrogens is 1. The summed E-state index contributed by atoms with van der Waals surface area (Å²) < 4.78 is 5.60. The largest absolute Gasteiger partial charge is 0.545 e. The third-order valence-corrected chi connectivity index (χ3v) is 3.73. The average Bonchev–Trinajstić information content (AvgIpc) is 2.88. The van der Waals surface area contributed by atoms with E-state index in [-0.39, 0.29) is 5.56 Å². The lowest BCUT2D eigenvalue weighted by Crippen LogP contribution is -2.21. The highest BCUT2D eigenvalue weighted by atomic mass is 32.2. The maximum absolute atomic E-state index is 10.6. The summed E-state index contributed by atoms with van der Waals surface area (Å²) in [6, 6.07) is 14.2. The lowest BCUT2D eigenvalue weighted by atomic mass is 10.1. The lowest BCUT2D eigenvalue weighted by molar-refractivity contribution is -0.255. The van der Waals surface area contributed by atoms with Crippen LogP contribution in [0.2, 0.25) is 0 Å². The van der Waals surface area contributed by atoms with Gasteiger partial charge < -0.3 is 14.3 Å². The first-order valence-electron chi connectivity index (χ1n) is 6.01. The Kier molecular flexibility index (Phi) is 3.43. The number of para-hydroxylation sites is 2. The fraction of sp³-hybridized carbons (Fsp3) is 0.0667. The van der Waals surface area contributed by atoms with Crippen molar-refractivity contribution in [1.29, 1.82) is 0 Å². The first-order chi connectivity index (χ1) is 9.72. The van der Waals surface area contributed by atoms with Crippen molar-refractivity contribution in [3.8, 4) is 0 Å². The van der Waals surface area contributed by atoms with Crippen molar-refractivity contribution in [2.24, 2.45) is 0 Å². The Morgan fingerprint density at radius 2 is 1.90 bits per heavy atom. The van der Waals surface area contributed by atoms with E-state index in [1.807, 2.05) is 24.3 Å². The van der Waals surface area contributed by atoms with E-state index in [0.29, 0.717) is 11.0 Å². The summed E-state index contributed by atoms with van der Waals surface area (Å²) >= 11 is 1.47. The van der Waals surface area contributed by atoms with Gasteiger partial charge >= 0.3 is 0 Å². The lowest BCUT2D eigenvalue weighted by Gasteiger charge is -2.03. The molecule has 3 aromatic rings. The molecule has 100 valence electrons. The van der Waals surface area contributed by atoms with Crippen molar-refractivity contribution in [3.05, 3.63) is 59.7 Å². The SMILES string of the molecule is O=C([O-])c1ccc(CSc2nc3ccccc3o2)cc1. The number of rotatable bonds is 4. The molecule has 20 heavy (non-hydrogen) atoms. The number of thioether (sulfide) groups is 1. The number of carboxylic acid groups (broad SMARTS) is 1. The van der Waals surface area contributed by atoms with Crippen LogP contribution in [0.3, 0.4) is 0 Å². The third-order valence-electron chi connectivity index (χ3n) is 2.83. The van der Waals surface area contributed by atoms with Gasteiger partial charge in [-0.25, -0.2) is 4.98 Å². The molecule has 0 unspecified atom stereocenters. The van der Waals surface area contributed by atoms with Crippen LogP contribution in [0.25, 0.3) is 11.1 Å². The molecule has 3 rings (SSSR count). The average molecular weight is 284 g/mol. The molecular formula is C15H10NO3S-. The predicted octanol–water partition coefficient (Wildman–Crippen LogP) is 2.48. The second kappa shape index (κ2) is 5.38. The number of carboxylic acids is 1. The van der Waals surface area contributed by atoms with E-state index < -0.39 is 5.97 Å². The summed E-state index contributed by atoms with van der Waals surface area (Å²) in [5, 5.41) is 11.3. The highest BCUT2D eigenvalue weighted by Gasteiger charge is 2.05. The number of carbonyl (C=O) groups excluding carboxylic acids is 1. The second-order valence-corrected chi connectivity index (χ2v) is 5.15. The minimum absolute atomic E-state index is 0.181. The molecule has 0 N–H and O–H groups in total. The number of aromatic carboxylic acids is 1. The molecular weight excluding hydrogens is 274 g/mol. The third kappa shape index (κ3) is 2.67. The molecule has 4 nitrogen and oxygen atoms in total. The quantitative estimate of drug-likeness (QED) is 0.689. The normalized spacial score (nSPS) is 10.8. The molecule has 0 fully saturated rings. The number of hydrogen-bond donors (Lipinski definition) is 0. The summed E-state index contributed by atoms with van der Waals surface area (Å²) in [5.74, 6) is -0.497. The van der Waals surface area contributed by atoms with Crippen molar-refractivity contribution in [2.45, 2.75) is 11.0 Å². The molecule has 2 aromatic carbocycles. The van der Waals surface area contributed by atoms with Crippen LogP contribution in [0, 0.1) is 0 Å². The van der Waals surface area contributed by atoms with E-state index in [9.17, 15) is 9.90 Å². The molecule has 5 heteroatoms. The zero-order chi connectivity index (χ0) is 13.9. The van der Waals surface area contributed by atoms with E-state index in [2.05, 4.69) is 4.98 Å². The summed E-state index contributed by atoms with van der Waals surface area (Å²) in [6.07, 6.45) is 0. The Bertz CT molecular complexity index is 716. The van der Waals surface area contributed by atoms with Gasteiger partial charge in [0.2, 0.25) is 0 Å². The van der Waals surface area contributed by atoms with Gasteiger partial charge in [-0.1, -0.05) is 48.2 Å². The van der Waals surface area contributed by atoms with Gasteiger partial charge in [-0.3, -0.25) is 0 Å². The van der Waals surface area contributed by atoms with Gasteiger partial charge in [0.25, 0.3) is 5.22 Å². The molecule has 1 heterocycles. The predicted molar refractivity (Wildman–Crippen MR) is 74.3 cm³/mol. The van der Waals surface area contributed by atoms with Gasteiger partial charge in [0.15, 0.2) is 5.58 Å². The fourth-order valence-corrected chi connectivity index (χ4v) is 2.59. The molecule has 0 aliphatic heterocycles. The summed E-state index contributed by atoms with van der Waals surface area (Å²) in [6.45, 7) is 0. The zero-order valence-corrected chi connectivity index (χ0v) is 11.2. The van der Waals surface area contributed by atoms with E-state index in [0.717, 1.165) is 16.7 Å². The number of hydrogen-bond acceptors (Lipinski definition) is 5. The minimum atomic E-state index is -1.16. The van der Waals surface area contributed by atoms with Gasteiger partial charge in [-0.15, -0.1) is 0 Å². The van der Waals surface area contributed by atoms with E-state index >= 15 is 0 Å². The Hall–Kier alpha value is -2.27. The minimum Gasteiger partial charge on any atom is -0.545 e. The summed E-state index contributed by atoms with van der Waals surface area (Å²) in [5.41, 5.74) is 2.78. The number of benzene rings is 2. The molecule has 0 bridgehead atoms. The Balaban J connectivity index is 1.71. The second-order valence-electron chi connectivity index (χ2n) is 4.22. The van der Waals surface area contributed by atoms with Crippen molar-refractivity contribution in [2.75, 3.05) is 0 Å². The van der Waals surface area contributed by atoms with Crippen molar-refractivity contribution >= 4 is 28.8 Å². The van der Waals surface area contributed by atoms with Gasteiger partial charge in [0, 0.05) is 5.75 Å². The first kappa shape index (κ1) is 12.7. The molecule has 0 saturated carbocycles. The molecule has 0 spiro atoms. The van der Waals surface area contributed by atoms with E-state index in [1.165, 1.54) is 23.9 Å². The van der Waals surface area contributed by atoms with Crippen LogP contribution in [0.5, 0.6) is 0 Å². The smallest absolute Gasteiger partial charge is 0.257 e. The standard InChI is InChI=1S/C15H11NO3S/c17-14(18)11-7-5-10(6-8-11)9-20-15-16-12-3-1-2-4-13(12)19-15/h1-8H,9H2,(H,17,18)/p-1. The van der Waals surface area contributed by atoms with E-state index in [1.54, 1.807) is 12.1 Å². The van der Waals surface area contributed by atoms with Crippen molar-refractivity contribution < 1.29 is 14.3 Å². The first-order valence-corrected chi connectivity index (χ1v) is 6.99. The Labute approximate surface area is 119 Å². The number of nitrogens with zero attached hydrogens (tertiary/aromatic N) is 1. The monoisotopic (exact) mass is 284 g/mol. The zero-order valence-electron chi connectivity index (χ0n) is 10.4. The highest BCUT2D eigenvalue weighted by molar-refractivity contribution is 7.98. The molecule has 1 aromatic heterocycles. The number of carbonyl (C=O) groups is 1. The van der Waals surface area contributed by atoms with Crippen LogP contribution in [-0.2, 0) is 5.75 Å². The number of oxazole rings is 1. The van der Waals surface area contributed by atoms with Gasteiger partial charge in [0.1, 0.15) is 5.52 Å². The van der Waals surface area contributed by atoms with Crippen LogP contribution in [0.4, 0.5) is 0 Å². The molecule has 0 aliphatic rings. The summed E-state index contributed by atoms with van der Waals surface area (Å²) in [7, 11) is 0. The van der Waals surface area contributed by atoms with Crippen molar-refractivity contribution in [3.63, 3.8) is 0 Å². The number of fused-ring (bicyclic) bond motifs is 1. The van der Waals surface area contributed by atoms with Gasteiger partial charge in [0.05, 0.1) is 5.97 Å². The van der Waals surface area contributed by atoms with Gasteiger partial charge in [-0.05, 0) is 23.3 Å². The summed E-state index contributed by atoms with van der Waals surface area (Å²) in [4.78, 5) is 15.0. The molecule has 0 radical (unpaired) electrons. The van der Waals surface area contributed by atoms with Crippen molar-refractivity contribution in [1.82, 2.24) is 4.98 Å². The maximum Gasteiger partial charge on any atom is 0.257 e. The molecule has 0 aliphatic carbocycles. The molecule has 0 atom stereocenters. The fourth-order valence-electron chi connectivity index (χ4n) is 1.79. The topological polar surface area (TPSA) is 66.2 Å². The Morgan fingerprint density at radius 3 is 2.60 bits per heavy atom. The van der Waals surface area contributed by atoms with E-state index in [4.69, 9.17) is 4.42 Å². The molecule has 0 amide bonds. The van der Waals surface area contributed by atoms with Crippen LogP contribution >= 0.6 is 11.8 Å². The van der Waals surface area contributed by atoms with Crippen LogP contribution in [0.15, 0.2) is 58.2 Å². The van der Waals surface area contributed by atoms with Crippen LogP contribution < -0.4 is 5.11 Å². The van der Waals surface area contributed by atoms with Crippen LogP contribution in [0.1, 0.15) is 15.9 Å². The maximum atomic E-state index is 10.6. The molecule has 0 saturated heterocycles. The van der Waals surface area contributed by atoms with Gasteiger partial charge in [-0.2, -0.15) is 0 Å². The van der Waals surface area contributed by atoms with Crippen LogP contribution in [-0.4, -0.2) is 11.0 Å². The highest BCUT2D eigenvalue weighted by Crippen LogP contribution is 2.26.